The fourth-order valence-corrected chi connectivity index (χ4v) is 6.39. The maximum Gasteiger partial charge on any atom is 0.0613 e. The van der Waals surface area contributed by atoms with Crippen LogP contribution in [0.1, 0.15) is 72.1 Å². The van der Waals surface area contributed by atoms with E-state index in [1.807, 2.05) is 0 Å². The van der Waals surface area contributed by atoms with Crippen molar-refractivity contribution in [1.82, 2.24) is 0 Å². The lowest BCUT2D eigenvalue weighted by atomic mass is 9.90. The van der Waals surface area contributed by atoms with Crippen molar-refractivity contribution in [2.45, 2.75) is 76.2 Å². The summed E-state index contributed by atoms with van der Waals surface area (Å²) in [5.74, 6) is 3.71. The van der Waals surface area contributed by atoms with E-state index >= 15 is 0 Å². The first-order valence-electron chi connectivity index (χ1n) is 7.50. The van der Waals surface area contributed by atoms with Crippen LogP contribution in [0.2, 0.25) is 0 Å². The smallest absolute Gasteiger partial charge is 0.0613 e. The maximum absolute atomic E-state index is 2.45. The molecule has 0 saturated heterocycles. The molecule has 1 aliphatic carbocycles. The fourth-order valence-electron chi connectivity index (χ4n) is 2.56. The largest absolute Gasteiger partial charge is 0.144 e. The molecular formula is C15H30S2. The standard InChI is InChI=1S/C15H30S2/c1-4-6-11-16-15(17-12-7-5-2)10-8-9-14(3)13-15/h14H,4-13H2,1-3H3. The SMILES string of the molecule is CCCCSC1(SCCCC)CCCC(C)C1. The van der Waals surface area contributed by atoms with Gasteiger partial charge >= 0.3 is 0 Å². The Morgan fingerprint density at radius 2 is 1.65 bits per heavy atom. The predicted octanol–water partition coefficient (Wildman–Crippen LogP) is 5.96. The van der Waals surface area contributed by atoms with Crippen molar-refractivity contribution in [1.29, 1.82) is 0 Å². The lowest BCUT2D eigenvalue weighted by molar-refractivity contribution is 0.376. The van der Waals surface area contributed by atoms with Gasteiger partial charge in [0.25, 0.3) is 0 Å². The molecule has 1 fully saturated rings. The Labute approximate surface area is 117 Å². The van der Waals surface area contributed by atoms with E-state index in [4.69, 9.17) is 0 Å². The van der Waals surface area contributed by atoms with Gasteiger partial charge < -0.3 is 0 Å². The van der Waals surface area contributed by atoms with Crippen LogP contribution in [-0.4, -0.2) is 15.6 Å². The van der Waals surface area contributed by atoms with E-state index in [1.54, 1.807) is 0 Å². The van der Waals surface area contributed by atoms with E-state index in [-0.39, 0.29) is 0 Å². The van der Waals surface area contributed by atoms with Crippen LogP contribution < -0.4 is 0 Å². The molecule has 0 aromatic carbocycles. The number of unbranched alkanes of at least 4 members (excludes halogenated alkanes) is 2. The van der Waals surface area contributed by atoms with Gasteiger partial charge in [-0.25, -0.2) is 0 Å². The highest BCUT2D eigenvalue weighted by Gasteiger charge is 2.35. The van der Waals surface area contributed by atoms with Crippen LogP contribution in [0, 0.1) is 5.92 Å². The maximum atomic E-state index is 2.45. The summed E-state index contributed by atoms with van der Waals surface area (Å²) in [6.07, 6.45) is 11.3. The average molecular weight is 275 g/mol. The van der Waals surface area contributed by atoms with Gasteiger partial charge in [0.15, 0.2) is 0 Å². The second-order valence-electron chi connectivity index (χ2n) is 5.52. The van der Waals surface area contributed by atoms with Gasteiger partial charge in [-0.1, -0.05) is 46.5 Å². The lowest BCUT2D eigenvalue weighted by Gasteiger charge is -2.39. The topological polar surface area (TPSA) is 0 Å². The molecule has 0 nitrogen and oxygen atoms in total. The van der Waals surface area contributed by atoms with Crippen molar-refractivity contribution < 1.29 is 0 Å². The molecule has 102 valence electrons. The molecule has 0 amide bonds. The summed E-state index contributed by atoms with van der Waals surface area (Å²) in [4.78, 5) is 0. The normalized spacial score (nSPS) is 23.8. The molecular weight excluding hydrogens is 244 g/mol. The van der Waals surface area contributed by atoms with Crippen LogP contribution in [0.25, 0.3) is 0 Å². The van der Waals surface area contributed by atoms with Crippen LogP contribution >= 0.6 is 23.5 Å². The van der Waals surface area contributed by atoms with Gasteiger partial charge in [0.1, 0.15) is 0 Å². The minimum Gasteiger partial charge on any atom is -0.144 e. The summed E-state index contributed by atoms with van der Waals surface area (Å²) < 4.78 is 0.585. The molecule has 17 heavy (non-hydrogen) atoms. The highest BCUT2D eigenvalue weighted by Crippen LogP contribution is 2.50. The molecule has 1 aliphatic rings. The van der Waals surface area contributed by atoms with E-state index in [0.29, 0.717) is 4.08 Å². The molecule has 0 aliphatic heterocycles. The Hall–Kier alpha value is 0.700. The Morgan fingerprint density at radius 3 is 2.12 bits per heavy atom. The minimum atomic E-state index is 0.585. The van der Waals surface area contributed by atoms with Crippen LogP contribution in [-0.2, 0) is 0 Å². The average Bonchev–Trinajstić information content (AvgIpc) is 2.30. The molecule has 0 aromatic rings. The molecule has 2 heteroatoms. The Balaban J connectivity index is 2.43. The van der Waals surface area contributed by atoms with E-state index in [2.05, 4.69) is 44.3 Å². The molecule has 0 radical (unpaired) electrons. The predicted molar refractivity (Wildman–Crippen MR) is 85.1 cm³/mol. The molecule has 0 bridgehead atoms. The van der Waals surface area contributed by atoms with Crippen molar-refractivity contribution in [3.8, 4) is 0 Å². The Morgan fingerprint density at radius 1 is 1.06 bits per heavy atom. The van der Waals surface area contributed by atoms with Crippen LogP contribution in [0.4, 0.5) is 0 Å². The van der Waals surface area contributed by atoms with E-state index in [9.17, 15) is 0 Å². The number of thioether (sulfide) groups is 2. The summed E-state index contributed by atoms with van der Waals surface area (Å²) in [6, 6.07) is 0. The van der Waals surface area contributed by atoms with Crippen molar-refractivity contribution in [3.05, 3.63) is 0 Å². The summed E-state index contributed by atoms with van der Waals surface area (Å²) in [5, 5.41) is 0. The van der Waals surface area contributed by atoms with Gasteiger partial charge in [-0.3, -0.25) is 0 Å². The molecule has 1 unspecified atom stereocenters. The highest BCUT2D eigenvalue weighted by atomic mass is 32.2. The van der Waals surface area contributed by atoms with Crippen LogP contribution in [0.5, 0.6) is 0 Å². The van der Waals surface area contributed by atoms with Gasteiger partial charge in [0.05, 0.1) is 4.08 Å². The third-order valence-electron chi connectivity index (χ3n) is 3.64. The summed E-state index contributed by atoms with van der Waals surface area (Å²) in [7, 11) is 0. The molecule has 1 rings (SSSR count). The number of hydrogen-bond donors (Lipinski definition) is 0. The minimum absolute atomic E-state index is 0.585. The summed E-state index contributed by atoms with van der Waals surface area (Å²) in [6.45, 7) is 7.07. The van der Waals surface area contributed by atoms with Gasteiger partial charge in [-0.15, -0.1) is 23.5 Å². The van der Waals surface area contributed by atoms with E-state index in [0.717, 1.165) is 5.92 Å². The molecule has 0 heterocycles. The second kappa shape index (κ2) is 8.74. The van der Waals surface area contributed by atoms with Crippen LogP contribution in [0.15, 0.2) is 0 Å². The van der Waals surface area contributed by atoms with Gasteiger partial charge in [0.2, 0.25) is 0 Å². The number of rotatable bonds is 8. The lowest BCUT2D eigenvalue weighted by Crippen LogP contribution is -2.28. The quantitative estimate of drug-likeness (QED) is 0.395. The Bertz CT molecular complexity index is 181. The van der Waals surface area contributed by atoms with Gasteiger partial charge in [-0.2, -0.15) is 0 Å². The third-order valence-corrected chi connectivity index (χ3v) is 7.13. The Kier molecular flexibility index (Phi) is 8.10. The van der Waals surface area contributed by atoms with E-state index < -0.39 is 0 Å². The van der Waals surface area contributed by atoms with Crippen LogP contribution in [0.3, 0.4) is 0 Å². The van der Waals surface area contributed by atoms with Crippen molar-refractivity contribution in [3.63, 3.8) is 0 Å². The monoisotopic (exact) mass is 274 g/mol. The zero-order valence-electron chi connectivity index (χ0n) is 12.0. The first-order valence-corrected chi connectivity index (χ1v) is 9.47. The molecule has 1 saturated carbocycles. The summed E-state index contributed by atoms with van der Waals surface area (Å²) >= 11 is 4.57. The number of hydrogen-bond acceptors (Lipinski definition) is 2. The van der Waals surface area contributed by atoms with Crippen molar-refractivity contribution in [2.24, 2.45) is 5.92 Å². The van der Waals surface area contributed by atoms with E-state index in [1.165, 1.54) is 62.9 Å². The zero-order valence-corrected chi connectivity index (χ0v) is 13.6. The summed E-state index contributed by atoms with van der Waals surface area (Å²) in [5.41, 5.74) is 0. The second-order valence-corrected chi connectivity index (χ2v) is 8.73. The zero-order chi connectivity index (χ0) is 12.6. The molecule has 0 N–H and O–H groups in total. The van der Waals surface area contributed by atoms with Crippen molar-refractivity contribution >= 4 is 23.5 Å². The van der Waals surface area contributed by atoms with Gasteiger partial charge in [0, 0.05) is 0 Å². The third kappa shape index (κ3) is 5.92. The molecule has 1 atom stereocenters. The molecule has 0 spiro atoms. The highest BCUT2D eigenvalue weighted by molar-refractivity contribution is 8.18. The molecule has 0 aromatic heterocycles. The first kappa shape index (κ1) is 15.8. The van der Waals surface area contributed by atoms with Crippen molar-refractivity contribution in [2.75, 3.05) is 11.5 Å². The first-order chi connectivity index (χ1) is 8.22. The van der Waals surface area contributed by atoms with Gasteiger partial charge in [-0.05, 0) is 43.1 Å². The fraction of sp³-hybridized carbons (Fsp3) is 1.00.